The Morgan fingerprint density at radius 3 is 2.18 bits per heavy atom. The van der Waals surface area contributed by atoms with E-state index in [1.165, 1.54) is 37.8 Å². The zero-order valence-electron chi connectivity index (χ0n) is 11.8. The topological polar surface area (TPSA) is 4.41 Å². The Balaban J connectivity index is 2.06. The van der Waals surface area contributed by atoms with Crippen molar-refractivity contribution < 1.29 is 0 Å². The van der Waals surface area contributed by atoms with E-state index in [0.717, 1.165) is 4.60 Å². The first-order valence-electron chi connectivity index (χ1n) is 7.31. The van der Waals surface area contributed by atoms with Crippen molar-refractivity contribution in [3.63, 3.8) is 0 Å². The first-order valence-corrected chi connectivity index (χ1v) is 8.11. The first-order chi connectivity index (χ1) is 10.8. The van der Waals surface area contributed by atoms with Crippen molar-refractivity contribution in [1.29, 1.82) is 0 Å². The highest BCUT2D eigenvalue weighted by Crippen LogP contribution is 2.31. The predicted molar refractivity (Wildman–Crippen MR) is 97.6 cm³/mol. The number of fused-ring (bicyclic) bond motifs is 5. The van der Waals surface area contributed by atoms with Gasteiger partial charge in [0.1, 0.15) is 0 Å². The predicted octanol–water partition coefficient (Wildman–Crippen LogP) is 6.16. The van der Waals surface area contributed by atoms with Crippen LogP contribution in [0.4, 0.5) is 0 Å². The van der Waals surface area contributed by atoms with Crippen LogP contribution in [0.3, 0.4) is 0 Å². The number of nitrogens with zero attached hydrogens (tertiary/aromatic N) is 1. The van der Waals surface area contributed by atoms with Crippen LogP contribution in [-0.4, -0.2) is 4.40 Å². The van der Waals surface area contributed by atoms with Gasteiger partial charge in [-0.3, -0.25) is 0 Å². The first kappa shape index (κ1) is 12.2. The van der Waals surface area contributed by atoms with Gasteiger partial charge in [0.25, 0.3) is 0 Å². The summed E-state index contributed by atoms with van der Waals surface area (Å²) in [6.07, 6.45) is 2.20. The molecule has 104 valence electrons. The van der Waals surface area contributed by atoms with E-state index in [9.17, 15) is 0 Å². The van der Waals surface area contributed by atoms with E-state index in [1.54, 1.807) is 0 Å². The lowest BCUT2D eigenvalue weighted by molar-refractivity contribution is 1.15. The Hall–Kier alpha value is -2.32. The van der Waals surface area contributed by atoms with E-state index in [4.69, 9.17) is 0 Å². The molecule has 3 aromatic carbocycles. The Kier molecular flexibility index (Phi) is 2.42. The normalized spacial score (nSPS) is 11.9. The highest BCUT2D eigenvalue weighted by Gasteiger charge is 2.07. The monoisotopic (exact) mass is 345 g/mol. The number of aromatic nitrogens is 1. The minimum Gasteiger partial charge on any atom is -0.310 e. The van der Waals surface area contributed by atoms with Crippen molar-refractivity contribution in [2.24, 2.45) is 0 Å². The van der Waals surface area contributed by atoms with Crippen LogP contribution in [0.1, 0.15) is 0 Å². The fourth-order valence-corrected chi connectivity index (χ4v) is 3.84. The van der Waals surface area contributed by atoms with Crippen LogP contribution >= 0.6 is 15.9 Å². The molecule has 0 unspecified atom stereocenters. The van der Waals surface area contributed by atoms with Crippen LogP contribution in [0, 0.1) is 0 Å². The van der Waals surface area contributed by atoms with E-state index >= 15 is 0 Å². The summed E-state index contributed by atoms with van der Waals surface area (Å²) in [4.78, 5) is 0. The average molecular weight is 346 g/mol. The maximum Gasteiger partial charge on any atom is 0.0898 e. The van der Waals surface area contributed by atoms with Gasteiger partial charge in [-0.05, 0) is 67.1 Å². The smallest absolute Gasteiger partial charge is 0.0898 e. The lowest BCUT2D eigenvalue weighted by atomic mass is 10.0. The van der Waals surface area contributed by atoms with Gasteiger partial charge in [0.2, 0.25) is 0 Å². The van der Waals surface area contributed by atoms with Gasteiger partial charge < -0.3 is 4.40 Å². The molecule has 0 fully saturated rings. The lowest BCUT2D eigenvalue weighted by Gasteiger charge is -2.11. The van der Waals surface area contributed by atoms with Crippen LogP contribution in [0.25, 0.3) is 37.8 Å². The molecule has 0 radical (unpaired) electrons. The number of pyridine rings is 2. The summed E-state index contributed by atoms with van der Waals surface area (Å²) in [7, 11) is 0. The van der Waals surface area contributed by atoms with E-state index in [2.05, 4.69) is 93.3 Å². The van der Waals surface area contributed by atoms with Crippen molar-refractivity contribution in [1.82, 2.24) is 4.40 Å². The zero-order valence-corrected chi connectivity index (χ0v) is 13.3. The molecule has 0 bridgehead atoms. The van der Waals surface area contributed by atoms with E-state index in [0.29, 0.717) is 0 Å². The van der Waals surface area contributed by atoms with Crippen molar-refractivity contribution in [3.8, 4) is 0 Å². The molecule has 0 spiro atoms. The van der Waals surface area contributed by atoms with Gasteiger partial charge in [0.05, 0.1) is 10.1 Å². The van der Waals surface area contributed by atoms with Crippen molar-refractivity contribution in [2.45, 2.75) is 0 Å². The van der Waals surface area contributed by atoms with Crippen LogP contribution in [0.15, 0.2) is 77.5 Å². The minimum atomic E-state index is 1.08. The molecule has 5 rings (SSSR count). The SMILES string of the molecule is Brc1cc2cc3cccc3cc2c2cc3ccccc3cn12. The molecule has 0 aliphatic carbocycles. The summed E-state index contributed by atoms with van der Waals surface area (Å²) >= 11 is 3.72. The van der Waals surface area contributed by atoms with Crippen LogP contribution in [-0.2, 0) is 0 Å². The Morgan fingerprint density at radius 1 is 0.636 bits per heavy atom. The average Bonchev–Trinajstić information content (AvgIpc) is 2.99. The molecule has 0 atom stereocenters. The second-order valence-corrected chi connectivity index (χ2v) is 6.53. The number of halogens is 1. The fourth-order valence-electron chi connectivity index (χ4n) is 3.30. The molecular weight excluding hydrogens is 334 g/mol. The molecule has 0 N–H and O–H groups in total. The standard InChI is InChI=1S/C20H12BrN/c21-20-11-17-8-13-6-3-7-14(13)9-18(17)19-10-15-4-1-2-5-16(15)12-22(19)20/h1-12H. The molecule has 0 amide bonds. The zero-order chi connectivity index (χ0) is 14.7. The van der Waals surface area contributed by atoms with Gasteiger partial charge in [-0.25, -0.2) is 0 Å². The van der Waals surface area contributed by atoms with Crippen molar-refractivity contribution >= 4 is 53.8 Å². The molecule has 0 saturated carbocycles. The van der Waals surface area contributed by atoms with Crippen LogP contribution in [0.2, 0.25) is 0 Å². The van der Waals surface area contributed by atoms with E-state index < -0.39 is 0 Å². The number of benzene rings is 2. The summed E-state index contributed by atoms with van der Waals surface area (Å²) in [6.45, 7) is 0. The van der Waals surface area contributed by atoms with Gasteiger partial charge in [0.15, 0.2) is 0 Å². The molecule has 22 heavy (non-hydrogen) atoms. The molecule has 5 aromatic rings. The third-order valence-electron chi connectivity index (χ3n) is 4.40. The molecule has 0 aliphatic rings. The van der Waals surface area contributed by atoms with Gasteiger partial charge in [-0.15, -0.1) is 0 Å². The second kappa shape index (κ2) is 4.34. The second-order valence-electron chi connectivity index (χ2n) is 5.72. The van der Waals surface area contributed by atoms with E-state index in [1.807, 2.05) is 0 Å². The van der Waals surface area contributed by atoms with Crippen molar-refractivity contribution in [2.75, 3.05) is 0 Å². The summed E-state index contributed by atoms with van der Waals surface area (Å²) in [6, 6.07) is 24.0. The van der Waals surface area contributed by atoms with Crippen LogP contribution in [0.5, 0.6) is 0 Å². The minimum absolute atomic E-state index is 1.08. The van der Waals surface area contributed by atoms with Gasteiger partial charge >= 0.3 is 0 Å². The molecule has 2 heterocycles. The molecule has 2 heteroatoms. The number of hydrogen-bond donors (Lipinski definition) is 0. The van der Waals surface area contributed by atoms with E-state index in [-0.39, 0.29) is 0 Å². The van der Waals surface area contributed by atoms with Gasteiger partial charge in [-0.1, -0.05) is 42.5 Å². The molecular formula is C20H12BrN. The molecule has 0 saturated heterocycles. The number of rotatable bonds is 0. The highest BCUT2D eigenvalue weighted by atomic mass is 79.9. The Morgan fingerprint density at radius 2 is 1.32 bits per heavy atom. The van der Waals surface area contributed by atoms with Gasteiger partial charge in [0, 0.05) is 11.6 Å². The maximum atomic E-state index is 3.72. The third kappa shape index (κ3) is 1.65. The maximum absolute atomic E-state index is 3.72. The number of hydrogen-bond acceptors (Lipinski definition) is 0. The molecule has 1 nitrogen and oxygen atoms in total. The quantitative estimate of drug-likeness (QED) is 0.180. The summed E-state index contributed by atoms with van der Waals surface area (Å²) in [5.41, 5.74) is 1.23. The Labute approximate surface area is 135 Å². The summed E-state index contributed by atoms with van der Waals surface area (Å²) in [5, 5.41) is 7.65. The molecule has 0 aliphatic heterocycles. The Bertz CT molecular complexity index is 1180. The third-order valence-corrected chi connectivity index (χ3v) is 5.01. The fraction of sp³-hybridized carbons (Fsp3) is 0. The highest BCUT2D eigenvalue weighted by molar-refractivity contribution is 9.10. The van der Waals surface area contributed by atoms with Crippen molar-refractivity contribution in [3.05, 3.63) is 77.5 Å². The van der Waals surface area contributed by atoms with Gasteiger partial charge in [-0.2, -0.15) is 0 Å². The summed E-state index contributed by atoms with van der Waals surface area (Å²) in [5.74, 6) is 0. The largest absolute Gasteiger partial charge is 0.310 e. The lowest BCUT2D eigenvalue weighted by Crippen LogP contribution is -1.92. The molecule has 2 aromatic heterocycles. The summed E-state index contributed by atoms with van der Waals surface area (Å²) < 4.78 is 3.30. The van der Waals surface area contributed by atoms with Crippen LogP contribution < -0.4 is 0 Å².